The Balaban J connectivity index is 1.86. The lowest BCUT2D eigenvalue weighted by molar-refractivity contribution is -0.384. The summed E-state index contributed by atoms with van der Waals surface area (Å²) in [6.07, 6.45) is 4.89. The first kappa shape index (κ1) is 14.3. The Hall–Kier alpha value is -1.62. The standard InChI is InChI=1S/C16H23N3O2/c1-12-4-7-15(19(20)21)16(9-12)18(10-13-5-6-13)11-14-3-2-8-17-14/h4,7,9,13-14,17H,2-3,5-6,8,10-11H2,1H3. The van der Waals surface area contributed by atoms with Crippen LogP contribution in [0.1, 0.15) is 31.2 Å². The van der Waals surface area contributed by atoms with Crippen molar-refractivity contribution in [1.82, 2.24) is 5.32 Å². The third-order valence-electron chi connectivity index (χ3n) is 4.45. The third-order valence-corrected chi connectivity index (χ3v) is 4.45. The van der Waals surface area contributed by atoms with Crippen LogP contribution in [0.15, 0.2) is 18.2 Å². The summed E-state index contributed by atoms with van der Waals surface area (Å²) in [5, 5.41) is 14.8. The quantitative estimate of drug-likeness (QED) is 0.646. The zero-order valence-corrected chi connectivity index (χ0v) is 12.5. The number of hydrogen-bond acceptors (Lipinski definition) is 4. The van der Waals surface area contributed by atoms with Gasteiger partial charge < -0.3 is 10.2 Å². The Labute approximate surface area is 125 Å². The fraction of sp³-hybridized carbons (Fsp3) is 0.625. The van der Waals surface area contributed by atoms with Gasteiger partial charge >= 0.3 is 0 Å². The molecule has 1 aliphatic carbocycles. The van der Waals surface area contributed by atoms with Crippen LogP contribution in [0.25, 0.3) is 0 Å². The molecule has 1 saturated heterocycles. The van der Waals surface area contributed by atoms with E-state index < -0.39 is 0 Å². The fourth-order valence-electron chi connectivity index (χ4n) is 3.10. The van der Waals surface area contributed by atoms with Crippen LogP contribution in [0.3, 0.4) is 0 Å². The molecule has 2 aliphatic rings. The number of benzene rings is 1. The summed E-state index contributed by atoms with van der Waals surface area (Å²) < 4.78 is 0. The molecule has 114 valence electrons. The van der Waals surface area contributed by atoms with E-state index in [1.54, 1.807) is 6.07 Å². The Morgan fingerprint density at radius 1 is 1.33 bits per heavy atom. The maximum absolute atomic E-state index is 11.3. The van der Waals surface area contributed by atoms with Gasteiger partial charge in [0.2, 0.25) is 0 Å². The van der Waals surface area contributed by atoms with E-state index in [9.17, 15) is 10.1 Å². The molecule has 0 aromatic heterocycles. The molecule has 2 fully saturated rings. The Bertz CT molecular complexity index is 522. The van der Waals surface area contributed by atoms with Crippen molar-refractivity contribution in [1.29, 1.82) is 0 Å². The second-order valence-electron chi connectivity index (χ2n) is 6.39. The van der Waals surface area contributed by atoms with Crippen molar-refractivity contribution < 1.29 is 4.92 Å². The largest absolute Gasteiger partial charge is 0.364 e. The SMILES string of the molecule is Cc1ccc([N+](=O)[O-])c(N(CC2CC2)CC2CCCN2)c1. The number of anilines is 1. The highest BCUT2D eigenvalue weighted by atomic mass is 16.6. The van der Waals surface area contributed by atoms with Crippen LogP contribution in [0.4, 0.5) is 11.4 Å². The second-order valence-corrected chi connectivity index (χ2v) is 6.39. The Morgan fingerprint density at radius 2 is 2.14 bits per heavy atom. The van der Waals surface area contributed by atoms with Gasteiger partial charge in [-0.25, -0.2) is 0 Å². The number of nitrogens with zero attached hydrogens (tertiary/aromatic N) is 2. The molecule has 0 bridgehead atoms. The lowest BCUT2D eigenvalue weighted by Gasteiger charge is -2.28. The van der Waals surface area contributed by atoms with Crippen molar-refractivity contribution in [2.45, 2.75) is 38.6 Å². The van der Waals surface area contributed by atoms with Gasteiger partial charge in [0.1, 0.15) is 5.69 Å². The fourth-order valence-corrected chi connectivity index (χ4v) is 3.10. The van der Waals surface area contributed by atoms with Crippen LogP contribution in [-0.4, -0.2) is 30.6 Å². The molecule has 5 heteroatoms. The second kappa shape index (κ2) is 6.02. The Kier molecular flexibility index (Phi) is 4.10. The maximum Gasteiger partial charge on any atom is 0.292 e. The van der Waals surface area contributed by atoms with Crippen molar-refractivity contribution in [3.8, 4) is 0 Å². The molecular formula is C16H23N3O2. The Morgan fingerprint density at radius 3 is 2.76 bits per heavy atom. The minimum absolute atomic E-state index is 0.235. The highest BCUT2D eigenvalue weighted by Crippen LogP contribution is 2.35. The highest BCUT2D eigenvalue weighted by Gasteiger charge is 2.29. The molecule has 1 saturated carbocycles. The molecule has 0 spiro atoms. The average Bonchev–Trinajstić information content (AvgIpc) is 3.11. The van der Waals surface area contributed by atoms with Crippen molar-refractivity contribution in [2.24, 2.45) is 5.92 Å². The van der Waals surface area contributed by atoms with Gasteiger partial charge in [-0.3, -0.25) is 10.1 Å². The topological polar surface area (TPSA) is 58.4 Å². The van der Waals surface area contributed by atoms with Gasteiger partial charge in [-0.15, -0.1) is 0 Å². The van der Waals surface area contributed by atoms with Crippen LogP contribution in [0.2, 0.25) is 0 Å². The summed E-state index contributed by atoms with van der Waals surface area (Å²) >= 11 is 0. The zero-order chi connectivity index (χ0) is 14.8. The normalized spacial score (nSPS) is 21.5. The molecule has 1 atom stereocenters. The van der Waals surface area contributed by atoms with Gasteiger partial charge in [0.15, 0.2) is 0 Å². The predicted octanol–water partition coefficient (Wildman–Crippen LogP) is 2.87. The summed E-state index contributed by atoms with van der Waals surface area (Å²) in [6.45, 7) is 4.89. The van der Waals surface area contributed by atoms with Crippen LogP contribution in [0, 0.1) is 23.0 Å². The molecule has 1 aliphatic heterocycles. The van der Waals surface area contributed by atoms with Gasteiger partial charge in [0.25, 0.3) is 5.69 Å². The third kappa shape index (κ3) is 3.53. The molecular weight excluding hydrogens is 266 g/mol. The van der Waals surface area contributed by atoms with E-state index in [2.05, 4.69) is 10.2 Å². The molecule has 1 unspecified atom stereocenters. The number of aryl methyl sites for hydroxylation is 1. The lowest BCUT2D eigenvalue weighted by atomic mass is 10.1. The van der Waals surface area contributed by atoms with E-state index in [4.69, 9.17) is 0 Å². The molecule has 0 amide bonds. The molecule has 3 rings (SSSR count). The predicted molar refractivity (Wildman–Crippen MR) is 83.8 cm³/mol. The van der Waals surface area contributed by atoms with E-state index >= 15 is 0 Å². The smallest absolute Gasteiger partial charge is 0.292 e. The molecule has 1 N–H and O–H groups in total. The van der Waals surface area contributed by atoms with Crippen molar-refractivity contribution in [3.05, 3.63) is 33.9 Å². The summed E-state index contributed by atoms with van der Waals surface area (Å²) in [5.74, 6) is 0.714. The van der Waals surface area contributed by atoms with Gasteiger partial charge in [-0.1, -0.05) is 6.07 Å². The summed E-state index contributed by atoms with van der Waals surface area (Å²) in [6, 6.07) is 5.90. The number of nitrogens with one attached hydrogen (secondary N) is 1. The monoisotopic (exact) mass is 289 g/mol. The summed E-state index contributed by atoms with van der Waals surface area (Å²) in [7, 11) is 0. The molecule has 21 heavy (non-hydrogen) atoms. The van der Waals surface area contributed by atoms with E-state index in [0.29, 0.717) is 12.0 Å². The van der Waals surface area contributed by atoms with Gasteiger partial charge in [0.05, 0.1) is 4.92 Å². The molecule has 1 aromatic rings. The summed E-state index contributed by atoms with van der Waals surface area (Å²) in [5.41, 5.74) is 2.11. The maximum atomic E-state index is 11.3. The zero-order valence-electron chi connectivity index (χ0n) is 12.5. The van der Waals surface area contributed by atoms with Crippen molar-refractivity contribution >= 4 is 11.4 Å². The van der Waals surface area contributed by atoms with E-state index in [-0.39, 0.29) is 10.6 Å². The highest BCUT2D eigenvalue weighted by molar-refractivity contribution is 5.64. The van der Waals surface area contributed by atoms with Crippen molar-refractivity contribution in [2.75, 3.05) is 24.5 Å². The minimum Gasteiger partial charge on any atom is -0.364 e. The van der Waals surface area contributed by atoms with E-state index in [1.807, 2.05) is 19.1 Å². The van der Waals surface area contributed by atoms with Gasteiger partial charge in [-0.2, -0.15) is 0 Å². The number of hydrogen-bond donors (Lipinski definition) is 1. The van der Waals surface area contributed by atoms with Gasteiger partial charge in [0, 0.05) is 25.2 Å². The number of rotatable bonds is 6. The average molecular weight is 289 g/mol. The first-order valence-electron chi connectivity index (χ1n) is 7.87. The number of nitro benzene ring substituents is 1. The van der Waals surface area contributed by atoms with E-state index in [0.717, 1.165) is 30.9 Å². The lowest BCUT2D eigenvalue weighted by Crippen LogP contribution is -2.39. The number of nitro groups is 1. The minimum atomic E-state index is -0.253. The van der Waals surface area contributed by atoms with E-state index in [1.165, 1.54) is 25.7 Å². The van der Waals surface area contributed by atoms with Crippen LogP contribution >= 0.6 is 0 Å². The molecule has 5 nitrogen and oxygen atoms in total. The summed E-state index contributed by atoms with van der Waals surface area (Å²) in [4.78, 5) is 13.3. The van der Waals surface area contributed by atoms with Crippen molar-refractivity contribution in [3.63, 3.8) is 0 Å². The van der Waals surface area contributed by atoms with Crippen LogP contribution < -0.4 is 10.2 Å². The first-order valence-corrected chi connectivity index (χ1v) is 7.87. The molecule has 1 heterocycles. The van der Waals surface area contributed by atoms with Crippen LogP contribution in [-0.2, 0) is 0 Å². The van der Waals surface area contributed by atoms with Gasteiger partial charge in [-0.05, 0) is 56.7 Å². The van der Waals surface area contributed by atoms with Crippen LogP contribution in [0.5, 0.6) is 0 Å². The molecule has 1 aromatic carbocycles. The molecule has 0 radical (unpaired) electrons. The first-order chi connectivity index (χ1) is 10.1.